The van der Waals surface area contributed by atoms with Crippen LogP contribution in [0.5, 0.6) is 0 Å². The molecule has 0 atom stereocenters. The third-order valence-electron chi connectivity index (χ3n) is 4.71. The maximum atomic E-state index is 6.33. The summed E-state index contributed by atoms with van der Waals surface area (Å²) < 4.78 is 5.67. The Bertz CT molecular complexity index is 741. The Morgan fingerprint density at radius 2 is 1.79 bits per heavy atom. The normalized spacial score (nSPS) is 19.2. The van der Waals surface area contributed by atoms with Gasteiger partial charge in [0.05, 0.1) is 10.0 Å². The molecule has 3 heterocycles. The summed E-state index contributed by atoms with van der Waals surface area (Å²) in [5, 5.41) is 8.68. The van der Waals surface area contributed by atoms with Gasteiger partial charge < -0.3 is 9.84 Å². The Morgan fingerprint density at radius 3 is 2.46 bits per heavy atom. The van der Waals surface area contributed by atoms with Crippen LogP contribution < -0.4 is 5.32 Å². The number of hydrogen-bond acceptors (Lipinski definition) is 4. The van der Waals surface area contributed by atoms with Crippen LogP contribution >= 0.6 is 23.2 Å². The Balaban J connectivity index is 1.73. The Kier molecular flexibility index (Phi) is 4.61. The number of rotatable bonds is 4. The second kappa shape index (κ2) is 6.87. The minimum atomic E-state index is 0.471. The Morgan fingerprint density at radius 1 is 1.08 bits per heavy atom. The van der Waals surface area contributed by atoms with Crippen molar-refractivity contribution in [3.8, 4) is 11.3 Å². The first kappa shape index (κ1) is 16.1. The molecular formula is C18H19Cl2N3O. The van der Waals surface area contributed by atoms with Crippen molar-refractivity contribution in [1.29, 1.82) is 0 Å². The van der Waals surface area contributed by atoms with E-state index in [-0.39, 0.29) is 0 Å². The molecule has 0 spiro atoms. The van der Waals surface area contributed by atoms with Gasteiger partial charge in [-0.05, 0) is 44.7 Å². The fourth-order valence-corrected chi connectivity index (χ4v) is 3.74. The van der Waals surface area contributed by atoms with Gasteiger partial charge in [0.15, 0.2) is 0 Å². The summed E-state index contributed by atoms with van der Waals surface area (Å²) in [7, 11) is 0. The highest BCUT2D eigenvalue weighted by Crippen LogP contribution is 2.46. The molecule has 1 saturated carbocycles. The maximum absolute atomic E-state index is 6.33. The number of hydrogen-bond donors (Lipinski definition) is 1. The highest BCUT2D eigenvalue weighted by atomic mass is 35.5. The van der Waals surface area contributed by atoms with Gasteiger partial charge in [-0.25, -0.2) is 0 Å². The zero-order valence-corrected chi connectivity index (χ0v) is 14.8. The van der Waals surface area contributed by atoms with Crippen LogP contribution in [0.2, 0.25) is 10.0 Å². The lowest BCUT2D eigenvalue weighted by Crippen LogP contribution is -2.26. The van der Waals surface area contributed by atoms with Gasteiger partial charge in [-0.2, -0.15) is 0 Å². The maximum Gasteiger partial charge on any atom is 0.147 e. The van der Waals surface area contributed by atoms with Gasteiger partial charge in [-0.15, -0.1) is 0 Å². The van der Waals surface area contributed by atoms with Crippen molar-refractivity contribution < 1.29 is 4.52 Å². The highest BCUT2D eigenvalue weighted by Gasteiger charge is 2.32. The van der Waals surface area contributed by atoms with Gasteiger partial charge in [-0.1, -0.05) is 40.5 Å². The molecule has 1 aliphatic heterocycles. The van der Waals surface area contributed by atoms with Gasteiger partial charge in [0.25, 0.3) is 0 Å². The molecule has 24 heavy (non-hydrogen) atoms. The van der Waals surface area contributed by atoms with E-state index in [2.05, 4.69) is 27.6 Å². The van der Waals surface area contributed by atoms with E-state index in [1.54, 1.807) is 12.4 Å². The molecule has 1 aliphatic carbocycles. The number of piperidine rings is 1. The number of pyridine rings is 1. The Labute approximate surface area is 151 Å². The predicted molar refractivity (Wildman–Crippen MR) is 96.4 cm³/mol. The van der Waals surface area contributed by atoms with E-state index < -0.39 is 0 Å². The summed E-state index contributed by atoms with van der Waals surface area (Å²) in [5.74, 6) is 2.02. The van der Waals surface area contributed by atoms with E-state index in [1.807, 2.05) is 0 Å². The largest absolute Gasteiger partial charge is 0.360 e. The number of allylic oxidation sites excluding steroid dienone is 1. The van der Waals surface area contributed by atoms with Crippen LogP contribution in [-0.4, -0.2) is 23.2 Å². The lowest BCUT2D eigenvalue weighted by atomic mass is 9.95. The van der Waals surface area contributed by atoms with Gasteiger partial charge in [0.2, 0.25) is 0 Å². The van der Waals surface area contributed by atoms with Crippen LogP contribution in [0.1, 0.15) is 42.9 Å². The molecule has 4 rings (SSSR count). The third kappa shape index (κ3) is 3.23. The predicted octanol–water partition coefficient (Wildman–Crippen LogP) is 4.93. The zero-order chi connectivity index (χ0) is 16.5. The summed E-state index contributed by atoms with van der Waals surface area (Å²) in [6.07, 6.45) is 12.2. The topological polar surface area (TPSA) is 51.0 Å². The average Bonchev–Trinajstić information content (AvgIpc) is 3.35. The molecule has 126 valence electrons. The molecule has 2 aliphatic rings. The summed E-state index contributed by atoms with van der Waals surface area (Å²) in [5.41, 5.74) is 2.44. The summed E-state index contributed by atoms with van der Waals surface area (Å²) in [6.45, 7) is 2.14. The molecule has 0 radical (unpaired) electrons. The molecule has 2 aromatic rings. The van der Waals surface area contributed by atoms with E-state index in [9.17, 15) is 0 Å². The van der Waals surface area contributed by atoms with Gasteiger partial charge in [0.1, 0.15) is 11.5 Å². The summed E-state index contributed by atoms with van der Waals surface area (Å²) >= 11 is 12.7. The van der Waals surface area contributed by atoms with Crippen LogP contribution in [-0.2, 0) is 0 Å². The quantitative estimate of drug-likeness (QED) is 0.836. The zero-order valence-electron chi connectivity index (χ0n) is 13.3. The third-order valence-corrected chi connectivity index (χ3v) is 5.29. The SMILES string of the molecule is Clc1cncc(Cl)c1-c1noc(C2CC2)c1/C=C/C1CCNCC1. The molecule has 4 nitrogen and oxygen atoms in total. The first-order chi connectivity index (χ1) is 11.7. The smallest absolute Gasteiger partial charge is 0.147 e. The molecule has 1 N–H and O–H groups in total. The first-order valence-electron chi connectivity index (χ1n) is 8.42. The molecule has 2 fully saturated rings. The van der Waals surface area contributed by atoms with E-state index in [0.29, 0.717) is 27.4 Å². The minimum absolute atomic E-state index is 0.471. The standard InChI is InChI=1S/C18H19Cl2N3O/c19-14-9-22-10-15(20)16(14)17-13(18(24-23-17)12-2-3-12)4-1-11-5-7-21-8-6-11/h1,4,9-12,21H,2-3,5-8H2/b4-1+. The van der Waals surface area contributed by atoms with E-state index >= 15 is 0 Å². The van der Waals surface area contributed by atoms with E-state index in [0.717, 1.165) is 55.8 Å². The number of halogens is 2. The second-order valence-electron chi connectivity index (χ2n) is 6.51. The van der Waals surface area contributed by atoms with Crippen molar-refractivity contribution >= 4 is 29.3 Å². The van der Waals surface area contributed by atoms with Gasteiger partial charge >= 0.3 is 0 Å². The number of aromatic nitrogens is 2. The lowest BCUT2D eigenvalue weighted by Gasteiger charge is -2.19. The highest BCUT2D eigenvalue weighted by molar-refractivity contribution is 6.39. The minimum Gasteiger partial charge on any atom is -0.360 e. The van der Waals surface area contributed by atoms with E-state index in [1.165, 1.54) is 0 Å². The molecule has 2 aromatic heterocycles. The molecule has 0 aromatic carbocycles. The molecule has 6 heteroatoms. The van der Waals surface area contributed by atoms with Crippen molar-refractivity contribution in [2.24, 2.45) is 5.92 Å². The summed E-state index contributed by atoms with van der Waals surface area (Å²) in [4.78, 5) is 4.03. The van der Waals surface area contributed by atoms with Crippen LogP contribution in [0, 0.1) is 5.92 Å². The fourth-order valence-electron chi connectivity index (χ4n) is 3.20. The second-order valence-corrected chi connectivity index (χ2v) is 7.32. The monoisotopic (exact) mass is 363 g/mol. The fraction of sp³-hybridized carbons (Fsp3) is 0.444. The van der Waals surface area contributed by atoms with Gasteiger partial charge in [0, 0.05) is 29.4 Å². The van der Waals surface area contributed by atoms with Crippen LogP contribution in [0.25, 0.3) is 17.3 Å². The Hall–Kier alpha value is -1.36. The first-order valence-corrected chi connectivity index (χ1v) is 9.17. The summed E-state index contributed by atoms with van der Waals surface area (Å²) in [6, 6.07) is 0. The number of nitrogens with one attached hydrogen (secondary N) is 1. The molecule has 1 saturated heterocycles. The molecular weight excluding hydrogens is 345 g/mol. The average molecular weight is 364 g/mol. The van der Waals surface area contributed by atoms with Crippen molar-refractivity contribution in [3.05, 3.63) is 39.8 Å². The van der Waals surface area contributed by atoms with Crippen molar-refractivity contribution in [3.63, 3.8) is 0 Å². The lowest BCUT2D eigenvalue weighted by molar-refractivity contribution is 0.386. The van der Waals surface area contributed by atoms with Crippen LogP contribution in [0.3, 0.4) is 0 Å². The molecule has 0 unspecified atom stereocenters. The molecule has 0 amide bonds. The van der Waals surface area contributed by atoms with Crippen molar-refractivity contribution in [1.82, 2.24) is 15.5 Å². The van der Waals surface area contributed by atoms with Gasteiger partial charge in [-0.3, -0.25) is 4.98 Å². The van der Waals surface area contributed by atoms with Crippen LogP contribution in [0.4, 0.5) is 0 Å². The van der Waals surface area contributed by atoms with E-state index in [4.69, 9.17) is 27.7 Å². The van der Waals surface area contributed by atoms with Crippen LogP contribution in [0.15, 0.2) is 23.0 Å². The van der Waals surface area contributed by atoms with Crippen molar-refractivity contribution in [2.45, 2.75) is 31.6 Å². The number of nitrogens with zero attached hydrogens (tertiary/aromatic N) is 2. The van der Waals surface area contributed by atoms with Crippen molar-refractivity contribution in [2.75, 3.05) is 13.1 Å². The molecule has 0 bridgehead atoms.